The number of benzene rings is 1. The quantitative estimate of drug-likeness (QED) is 0.607. The molecule has 2 rings (SSSR count). The standard InChI is InChI=1S/C10H10N2O4/c1-7-6-10(13,16-11-7)8-2-4-9(5-3-8)12(14)15/h2-5,13H,6H2,1H3/t10-/m1/s1. The molecule has 0 amide bonds. The van der Waals surface area contributed by atoms with Gasteiger partial charge in [-0.05, 0) is 19.1 Å². The van der Waals surface area contributed by atoms with Gasteiger partial charge >= 0.3 is 0 Å². The van der Waals surface area contributed by atoms with Crippen molar-refractivity contribution in [2.45, 2.75) is 19.1 Å². The number of oxime groups is 1. The fourth-order valence-electron chi connectivity index (χ4n) is 1.56. The fourth-order valence-corrected chi connectivity index (χ4v) is 1.56. The Hall–Kier alpha value is -1.95. The highest BCUT2D eigenvalue weighted by Crippen LogP contribution is 2.32. The lowest BCUT2D eigenvalue weighted by molar-refractivity contribution is -0.384. The van der Waals surface area contributed by atoms with Crippen LogP contribution in [0.3, 0.4) is 0 Å². The average Bonchev–Trinajstić information content (AvgIpc) is 2.60. The first-order chi connectivity index (χ1) is 7.51. The van der Waals surface area contributed by atoms with E-state index in [1.165, 1.54) is 24.3 Å². The van der Waals surface area contributed by atoms with Crippen LogP contribution in [0.15, 0.2) is 29.4 Å². The van der Waals surface area contributed by atoms with Crippen LogP contribution in [0.1, 0.15) is 18.9 Å². The number of non-ortho nitro benzene ring substituents is 1. The van der Waals surface area contributed by atoms with E-state index >= 15 is 0 Å². The Morgan fingerprint density at radius 3 is 2.56 bits per heavy atom. The molecule has 0 aromatic heterocycles. The maximum atomic E-state index is 10.5. The van der Waals surface area contributed by atoms with Crippen LogP contribution in [-0.4, -0.2) is 15.7 Å². The summed E-state index contributed by atoms with van der Waals surface area (Å²) in [6, 6.07) is 5.58. The van der Waals surface area contributed by atoms with E-state index < -0.39 is 10.7 Å². The second-order valence-electron chi connectivity index (χ2n) is 3.68. The molecule has 1 N–H and O–H groups in total. The Morgan fingerprint density at radius 2 is 2.12 bits per heavy atom. The van der Waals surface area contributed by atoms with Crippen molar-refractivity contribution in [1.29, 1.82) is 0 Å². The van der Waals surface area contributed by atoms with Crippen molar-refractivity contribution in [2.75, 3.05) is 0 Å². The van der Waals surface area contributed by atoms with Gasteiger partial charge in [0.05, 0.1) is 17.1 Å². The van der Waals surface area contributed by atoms with Crippen LogP contribution in [0.4, 0.5) is 5.69 Å². The number of hydrogen-bond donors (Lipinski definition) is 1. The lowest BCUT2D eigenvalue weighted by Gasteiger charge is -2.19. The summed E-state index contributed by atoms with van der Waals surface area (Å²) in [4.78, 5) is 14.9. The Kier molecular flexibility index (Phi) is 2.35. The van der Waals surface area contributed by atoms with Crippen molar-refractivity contribution in [3.05, 3.63) is 39.9 Å². The first kappa shape index (κ1) is 10.6. The highest BCUT2D eigenvalue weighted by molar-refractivity contribution is 5.83. The molecule has 0 unspecified atom stereocenters. The molecule has 1 aromatic rings. The van der Waals surface area contributed by atoms with E-state index in [0.29, 0.717) is 11.3 Å². The molecule has 1 atom stereocenters. The first-order valence-electron chi connectivity index (χ1n) is 4.70. The molecule has 0 saturated carbocycles. The van der Waals surface area contributed by atoms with Crippen LogP contribution in [0.25, 0.3) is 0 Å². The van der Waals surface area contributed by atoms with Crippen molar-refractivity contribution in [3.63, 3.8) is 0 Å². The molecule has 1 aromatic carbocycles. The third-order valence-corrected chi connectivity index (χ3v) is 2.38. The van der Waals surface area contributed by atoms with Crippen molar-refractivity contribution in [2.24, 2.45) is 5.16 Å². The van der Waals surface area contributed by atoms with Gasteiger partial charge in [0.15, 0.2) is 0 Å². The Balaban J connectivity index is 2.26. The van der Waals surface area contributed by atoms with E-state index in [9.17, 15) is 15.2 Å². The smallest absolute Gasteiger partial charge is 0.269 e. The summed E-state index contributed by atoms with van der Waals surface area (Å²) >= 11 is 0. The van der Waals surface area contributed by atoms with Gasteiger partial charge in [0.2, 0.25) is 0 Å². The van der Waals surface area contributed by atoms with Gasteiger partial charge < -0.3 is 9.94 Å². The van der Waals surface area contributed by atoms with E-state index in [0.717, 1.165) is 0 Å². The van der Waals surface area contributed by atoms with Crippen molar-refractivity contribution in [1.82, 2.24) is 0 Å². The molecule has 0 bridgehead atoms. The SMILES string of the molecule is CC1=NO[C@@](O)(c2ccc([N+](=O)[O-])cc2)C1. The highest BCUT2D eigenvalue weighted by atomic mass is 16.7. The summed E-state index contributed by atoms with van der Waals surface area (Å²) < 4.78 is 0. The van der Waals surface area contributed by atoms with Crippen molar-refractivity contribution < 1.29 is 14.9 Å². The van der Waals surface area contributed by atoms with Crippen LogP contribution >= 0.6 is 0 Å². The van der Waals surface area contributed by atoms with Gasteiger partial charge in [-0.2, -0.15) is 0 Å². The summed E-state index contributed by atoms with van der Waals surface area (Å²) in [6.45, 7) is 1.74. The number of rotatable bonds is 2. The minimum Gasteiger partial charge on any atom is -0.355 e. The number of nitro groups is 1. The summed E-state index contributed by atoms with van der Waals surface area (Å²) in [6.07, 6.45) is 0.269. The predicted molar refractivity (Wildman–Crippen MR) is 55.8 cm³/mol. The maximum absolute atomic E-state index is 10.5. The molecule has 0 spiro atoms. The van der Waals surface area contributed by atoms with Crippen molar-refractivity contribution in [3.8, 4) is 0 Å². The third-order valence-electron chi connectivity index (χ3n) is 2.38. The van der Waals surface area contributed by atoms with Crippen molar-refractivity contribution >= 4 is 11.4 Å². The number of aliphatic hydroxyl groups is 1. The van der Waals surface area contributed by atoms with Gasteiger partial charge in [0.25, 0.3) is 11.5 Å². The molecule has 1 heterocycles. The lowest BCUT2D eigenvalue weighted by atomic mass is 10.0. The second-order valence-corrected chi connectivity index (χ2v) is 3.68. The molecule has 0 saturated heterocycles. The normalized spacial score (nSPS) is 23.8. The molecule has 1 aliphatic heterocycles. The maximum Gasteiger partial charge on any atom is 0.269 e. The monoisotopic (exact) mass is 222 g/mol. The zero-order valence-electron chi connectivity index (χ0n) is 8.58. The lowest BCUT2D eigenvalue weighted by Crippen LogP contribution is -2.25. The van der Waals surface area contributed by atoms with Gasteiger partial charge in [-0.3, -0.25) is 10.1 Å². The van der Waals surface area contributed by atoms with E-state index in [1.807, 2.05) is 0 Å². The number of nitro benzene ring substituents is 1. The second kappa shape index (κ2) is 3.57. The zero-order chi connectivity index (χ0) is 11.8. The molecule has 6 nitrogen and oxygen atoms in total. The van der Waals surface area contributed by atoms with Crippen LogP contribution in [0, 0.1) is 10.1 Å². The van der Waals surface area contributed by atoms with Gasteiger partial charge in [0, 0.05) is 17.7 Å². The molecule has 6 heteroatoms. The van der Waals surface area contributed by atoms with Crippen LogP contribution in [-0.2, 0) is 10.6 Å². The van der Waals surface area contributed by atoms with Gasteiger partial charge in [-0.15, -0.1) is 0 Å². The number of hydrogen-bond acceptors (Lipinski definition) is 5. The third kappa shape index (κ3) is 1.74. The first-order valence-corrected chi connectivity index (χ1v) is 4.70. The summed E-state index contributed by atoms with van der Waals surface area (Å²) in [5.41, 5.74) is 1.11. The predicted octanol–water partition coefficient (Wildman–Crippen LogP) is 1.54. The molecular weight excluding hydrogens is 212 g/mol. The topological polar surface area (TPSA) is 85.0 Å². The largest absolute Gasteiger partial charge is 0.355 e. The Morgan fingerprint density at radius 1 is 1.50 bits per heavy atom. The summed E-state index contributed by atoms with van der Waals surface area (Å²) in [5.74, 6) is -1.49. The minimum absolute atomic E-state index is 0.0250. The number of nitrogens with zero attached hydrogens (tertiary/aromatic N) is 2. The molecule has 0 fully saturated rings. The fraction of sp³-hybridized carbons (Fsp3) is 0.300. The van der Waals surface area contributed by atoms with E-state index in [-0.39, 0.29) is 12.1 Å². The van der Waals surface area contributed by atoms with Gasteiger partial charge in [-0.1, -0.05) is 5.16 Å². The molecule has 0 radical (unpaired) electrons. The summed E-state index contributed by atoms with van der Waals surface area (Å²) in [5, 5.41) is 24.2. The molecule has 1 aliphatic rings. The Labute approximate surface area is 91.3 Å². The van der Waals surface area contributed by atoms with E-state index in [4.69, 9.17) is 4.84 Å². The molecular formula is C10H10N2O4. The molecule has 16 heavy (non-hydrogen) atoms. The summed E-state index contributed by atoms with van der Waals surface area (Å²) in [7, 11) is 0. The molecule has 84 valence electrons. The minimum atomic E-state index is -1.49. The van der Waals surface area contributed by atoms with Crippen LogP contribution < -0.4 is 0 Å². The van der Waals surface area contributed by atoms with E-state index in [1.54, 1.807) is 6.92 Å². The van der Waals surface area contributed by atoms with Gasteiger partial charge in [0.1, 0.15) is 0 Å². The average molecular weight is 222 g/mol. The van der Waals surface area contributed by atoms with Crippen LogP contribution in [0.5, 0.6) is 0 Å². The highest BCUT2D eigenvalue weighted by Gasteiger charge is 2.37. The Bertz CT molecular complexity index is 454. The van der Waals surface area contributed by atoms with Gasteiger partial charge in [-0.25, -0.2) is 0 Å². The molecule has 0 aliphatic carbocycles. The zero-order valence-corrected chi connectivity index (χ0v) is 8.58. The van der Waals surface area contributed by atoms with Crippen LogP contribution in [0.2, 0.25) is 0 Å². The van der Waals surface area contributed by atoms with E-state index in [2.05, 4.69) is 5.16 Å².